The Morgan fingerprint density at radius 2 is 1.86 bits per heavy atom. The van der Waals surface area contributed by atoms with Gasteiger partial charge in [0.1, 0.15) is 5.82 Å². The number of hydrogen-bond acceptors (Lipinski definition) is 4. The number of aryl methyl sites for hydroxylation is 1. The van der Waals surface area contributed by atoms with Gasteiger partial charge in [-0.15, -0.1) is 0 Å². The van der Waals surface area contributed by atoms with Crippen LogP contribution in [0.25, 0.3) is 11.0 Å². The minimum atomic E-state index is 0.278. The lowest BCUT2D eigenvalue weighted by Gasteiger charge is -2.09. The Bertz CT molecular complexity index is 837. The zero-order chi connectivity index (χ0) is 15.1. The van der Waals surface area contributed by atoms with E-state index in [9.17, 15) is 0 Å². The number of nitrogens with zero attached hydrogens (tertiary/aromatic N) is 2. The number of rotatable bonds is 3. The second kappa shape index (κ2) is 4.94. The fourth-order valence-electron chi connectivity index (χ4n) is 2.82. The van der Waals surface area contributed by atoms with Gasteiger partial charge in [-0.3, -0.25) is 0 Å². The number of fused-ring (bicyclic) bond motifs is 2. The first kappa shape index (κ1) is 13.0. The third-order valence-electron chi connectivity index (χ3n) is 3.96. The number of nitrogen functional groups attached to an aromatic ring is 1. The lowest BCUT2D eigenvalue weighted by atomic mass is 10.2. The van der Waals surface area contributed by atoms with Gasteiger partial charge in [-0.2, -0.15) is 0 Å². The summed E-state index contributed by atoms with van der Waals surface area (Å²) in [5.74, 6) is 2.61. The molecule has 112 valence electrons. The third-order valence-corrected chi connectivity index (χ3v) is 3.96. The van der Waals surface area contributed by atoms with Gasteiger partial charge in [0, 0.05) is 30.8 Å². The van der Waals surface area contributed by atoms with E-state index in [-0.39, 0.29) is 6.79 Å². The zero-order valence-electron chi connectivity index (χ0n) is 12.4. The molecule has 4 rings (SSSR count). The van der Waals surface area contributed by atoms with Crippen LogP contribution in [0.5, 0.6) is 11.5 Å². The van der Waals surface area contributed by atoms with Crippen molar-refractivity contribution >= 4 is 16.7 Å². The number of imidazole rings is 1. The number of nitrogens with two attached hydrogens (primary N) is 1. The first-order valence-corrected chi connectivity index (χ1v) is 7.38. The predicted octanol–water partition coefficient (Wildman–Crippen LogP) is 2.96. The van der Waals surface area contributed by atoms with Crippen molar-refractivity contribution in [1.82, 2.24) is 9.55 Å². The van der Waals surface area contributed by atoms with Crippen molar-refractivity contribution in [3.8, 4) is 11.5 Å². The van der Waals surface area contributed by atoms with Crippen molar-refractivity contribution in [1.29, 1.82) is 0 Å². The maximum Gasteiger partial charge on any atom is 0.231 e. The molecule has 0 saturated heterocycles. The normalized spacial score (nSPS) is 13.0. The number of aromatic nitrogens is 2. The molecule has 0 spiro atoms. The largest absolute Gasteiger partial charge is 0.454 e. The summed E-state index contributed by atoms with van der Waals surface area (Å²) in [5.41, 5.74) is 9.74. The van der Waals surface area contributed by atoms with Crippen LogP contribution < -0.4 is 15.2 Å². The van der Waals surface area contributed by atoms with Crippen molar-refractivity contribution in [3.63, 3.8) is 0 Å². The Morgan fingerprint density at radius 1 is 1.14 bits per heavy atom. The molecule has 3 aromatic rings. The van der Waals surface area contributed by atoms with Crippen LogP contribution in [0.2, 0.25) is 0 Å². The molecular weight excluding hydrogens is 278 g/mol. The van der Waals surface area contributed by atoms with Crippen LogP contribution in [-0.2, 0) is 13.0 Å². The van der Waals surface area contributed by atoms with E-state index in [0.29, 0.717) is 0 Å². The van der Waals surface area contributed by atoms with E-state index < -0.39 is 0 Å². The summed E-state index contributed by atoms with van der Waals surface area (Å²) in [7, 11) is 0. The van der Waals surface area contributed by atoms with Crippen LogP contribution in [0.3, 0.4) is 0 Å². The molecule has 0 bridgehead atoms. The van der Waals surface area contributed by atoms with E-state index in [4.69, 9.17) is 20.2 Å². The molecule has 5 heteroatoms. The summed E-state index contributed by atoms with van der Waals surface area (Å²) in [5, 5.41) is 0. The Morgan fingerprint density at radius 3 is 2.59 bits per heavy atom. The fraction of sp³-hybridized carbons (Fsp3) is 0.235. The van der Waals surface area contributed by atoms with E-state index >= 15 is 0 Å². The number of hydrogen-bond donors (Lipinski definition) is 1. The third kappa shape index (κ3) is 2.06. The Labute approximate surface area is 128 Å². The highest BCUT2D eigenvalue weighted by molar-refractivity contribution is 5.81. The molecule has 1 aliphatic rings. The van der Waals surface area contributed by atoms with E-state index in [1.165, 1.54) is 5.56 Å². The summed E-state index contributed by atoms with van der Waals surface area (Å²) in [4.78, 5) is 4.73. The standard InChI is InChI=1S/C17H17N3O2/c1-2-17-19-13-7-15-16(22-10-21-15)8-14(13)20(17)9-11-3-5-12(18)6-4-11/h3-8H,2,9-10,18H2,1H3. The van der Waals surface area contributed by atoms with Crippen LogP contribution in [0, 0.1) is 0 Å². The molecule has 0 unspecified atom stereocenters. The average Bonchev–Trinajstić information content (AvgIpc) is 3.11. The highest BCUT2D eigenvalue weighted by atomic mass is 16.7. The molecule has 0 radical (unpaired) electrons. The van der Waals surface area contributed by atoms with E-state index in [2.05, 4.69) is 11.5 Å². The number of anilines is 1. The molecule has 1 aliphatic heterocycles. The summed E-state index contributed by atoms with van der Waals surface area (Å²) >= 11 is 0. The second-order valence-corrected chi connectivity index (χ2v) is 5.40. The topological polar surface area (TPSA) is 62.3 Å². The molecule has 2 heterocycles. The van der Waals surface area contributed by atoms with Gasteiger partial charge in [0.2, 0.25) is 6.79 Å². The van der Waals surface area contributed by atoms with Gasteiger partial charge < -0.3 is 19.8 Å². The lowest BCUT2D eigenvalue weighted by molar-refractivity contribution is 0.174. The van der Waals surface area contributed by atoms with Crippen molar-refractivity contribution in [2.45, 2.75) is 19.9 Å². The van der Waals surface area contributed by atoms with Gasteiger partial charge in [-0.05, 0) is 17.7 Å². The van der Waals surface area contributed by atoms with Crippen molar-refractivity contribution < 1.29 is 9.47 Å². The molecule has 0 saturated carbocycles. The molecule has 1 aromatic heterocycles. The second-order valence-electron chi connectivity index (χ2n) is 5.40. The lowest BCUT2D eigenvalue weighted by Crippen LogP contribution is -2.04. The van der Waals surface area contributed by atoms with Gasteiger partial charge in [-0.25, -0.2) is 4.98 Å². The van der Waals surface area contributed by atoms with Crippen molar-refractivity contribution in [3.05, 3.63) is 47.8 Å². The first-order valence-electron chi connectivity index (χ1n) is 7.38. The monoisotopic (exact) mass is 295 g/mol. The quantitative estimate of drug-likeness (QED) is 0.755. The maximum atomic E-state index is 5.76. The molecule has 2 N–H and O–H groups in total. The van der Waals surface area contributed by atoms with Crippen molar-refractivity contribution in [2.75, 3.05) is 12.5 Å². The van der Waals surface area contributed by atoms with Crippen LogP contribution in [-0.4, -0.2) is 16.3 Å². The van der Waals surface area contributed by atoms with E-state index in [1.54, 1.807) is 0 Å². The Hall–Kier alpha value is -2.69. The summed E-state index contributed by atoms with van der Waals surface area (Å²) < 4.78 is 13.2. The molecular formula is C17H17N3O2. The minimum absolute atomic E-state index is 0.278. The number of ether oxygens (including phenoxy) is 2. The van der Waals surface area contributed by atoms with Crippen molar-refractivity contribution in [2.24, 2.45) is 0 Å². The Balaban J connectivity index is 1.82. The smallest absolute Gasteiger partial charge is 0.231 e. The fourth-order valence-corrected chi connectivity index (χ4v) is 2.82. The number of benzene rings is 2. The molecule has 2 aromatic carbocycles. The highest BCUT2D eigenvalue weighted by Crippen LogP contribution is 2.36. The van der Waals surface area contributed by atoms with Gasteiger partial charge in [0.15, 0.2) is 11.5 Å². The minimum Gasteiger partial charge on any atom is -0.454 e. The SMILES string of the molecule is CCc1nc2cc3c(cc2n1Cc1ccc(N)cc1)OCO3. The molecule has 0 aliphatic carbocycles. The highest BCUT2D eigenvalue weighted by Gasteiger charge is 2.18. The van der Waals surface area contributed by atoms with Gasteiger partial charge in [0.05, 0.1) is 11.0 Å². The molecule has 0 fully saturated rings. The Kier molecular flexibility index (Phi) is 2.92. The maximum absolute atomic E-state index is 5.76. The average molecular weight is 295 g/mol. The first-order chi connectivity index (χ1) is 10.7. The van der Waals surface area contributed by atoms with Crippen LogP contribution in [0.1, 0.15) is 18.3 Å². The van der Waals surface area contributed by atoms with Crippen LogP contribution in [0.15, 0.2) is 36.4 Å². The van der Waals surface area contributed by atoms with Gasteiger partial charge in [0.25, 0.3) is 0 Å². The van der Waals surface area contributed by atoms with Crippen LogP contribution in [0.4, 0.5) is 5.69 Å². The summed E-state index contributed by atoms with van der Waals surface area (Å²) in [6.07, 6.45) is 0.871. The molecule has 5 nitrogen and oxygen atoms in total. The van der Waals surface area contributed by atoms with E-state index in [1.807, 2.05) is 36.4 Å². The summed E-state index contributed by atoms with van der Waals surface area (Å²) in [6.45, 7) is 3.15. The molecule has 0 atom stereocenters. The zero-order valence-corrected chi connectivity index (χ0v) is 12.4. The van der Waals surface area contributed by atoms with Crippen LogP contribution >= 0.6 is 0 Å². The predicted molar refractivity (Wildman–Crippen MR) is 85.2 cm³/mol. The van der Waals surface area contributed by atoms with Gasteiger partial charge in [-0.1, -0.05) is 19.1 Å². The van der Waals surface area contributed by atoms with Gasteiger partial charge >= 0.3 is 0 Å². The molecule has 0 amide bonds. The summed E-state index contributed by atoms with van der Waals surface area (Å²) in [6, 6.07) is 11.9. The molecule has 22 heavy (non-hydrogen) atoms. The van der Waals surface area contributed by atoms with E-state index in [0.717, 1.165) is 47.0 Å².